The minimum atomic E-state index is -0.0240. The van der Waals surface area contributed by atoms with Gasteiger partial charge in [-0.05, 0) is 24.6 Å². The van der Waals surface area contributed by atoms with Crippen LogP contribution in [0.5, 0.6) is 5.75 Å². The van der Waals surface area contributed by atoms with Crippen LogP contribution in [0.1, 0.15) is 44.0 Å². The predicted octanol–water partition coefficient (Wildman–Crippen LogP) is 2.80. The van der Waals surface area contributed by atoms with Gasteiger partial charge in [0.25, 0.3) is 0 Å². The van der Waals surface area contributed by atoms with Crippen molar-refractivity contribution in [1.82, 2.24) is 0 Å². The molecule has 19 heavy (non-hydrogen) atoms. The van der Waals surface area contributed by atoms with Gasteiger partial charge in [-0.2, -0.15) is 0 Å². The Morgan fingerprint density at radius 2 is 2.11 bits per heavy atom. The SMILES string of the molecule is CCC(=O)c1ccc2c(c1)N(C(C)=O)CC(CC)O2. The highest BCUT2D eigenvalue weighted by atomic mass is 16.5. The highest BCUT2D eigenvalue weighted by Gasteiger charge is 2.27. The van der Waals surface area contributed by atoms with E-state index in [0.717, 1.165) is 6.42 Å². The molecular weight excluding hydrogens is 242 g/mol. The summed E-state index contributed by atoms with van der Waals surface area (Å²) in [4.78, 5) is 25.2. The third-order valence-corrected chi connectivity index (χ3v) is 3.41. The number of anilines is 1. The summed E-state index contributed by atoms with van der Waals surface area (Å²) in [5, 5.41) is 0. The van der Waals surface area contributed by atoms with E-state index in [-0.39, 0.29) is 17.8 Å². The molecule has 0 spiro atoms. The van der Waals surface area contributed by atoms with Gasteiger partial charge in [0.2, 0.25) is 5.91 Å². The van der Waals surface area contributed by atoms with Crippen LogP contribution in [-0.4, -0.2) is 24.3 Å². The summed E-state index contributed by atoms with van der Waals surface area (Å²) in [6.45, 7) is 5.94. The quantitative estimate of drug-likeness (QED) is 0.786. The molecule has 1 atom stereocenters. The summed E-state index contributed by atoms with van der Waals surface area (Å²) in [5.41, 5.74) is 1.34. The van der Waals surface area contributed by atoms with Gasteiger partial charge in [-0.1, -0.05) is 13.8 Å². The molecule has 1 aliphatic rings. The molecule has 1 aromatic carbocycles. The van der Waals surface area contributed by atoms with E-state index < -0.39 is 0 Å². The van der Waals surface area contributed by atoms with Gasteiger partial charge in [-0.25, -0.2) is 0 Å². The van der Waals surface area contributed by atoms with Gasteiger partial charge in [0.05, 0.1) is 12.2 Å². The number of nitrogens with zero attached hydrogens (tertiary/aromatic N) is 1. The summed E-state index contributed by atoms with van der Waals surface area (Å²) in [6, 6.07) is 5.31. The van der Waals surface area contributed by atoms with Crippen molar-refractivity contribution in [2.24, 2.45) is 0 Å². The fourth-order valence-corrected chi connectivity index (χ4v) is 2.23. The van der Waals surface area contributed by atoms with Crippen LogP contribution in [0.15, 0.2) is 18.2 Å². The molecular formula is C15H19NO3. The minimum Gasteiger partial charge on any atom is -0.486 e. The number of carbonyl (C=O) groups excluding carboxylic acids is 2. The molecule has 102 valence electrons. The van der Waals surface area contributed by atoms with Gasteiger partial charge in [-0.3, -0.25) is 9.59 Å². The molecule has 0 radical (unpaired) electrons. The van der Waals surface area contributed by atoms with Crippen molar-refractivity contribution in [3.8, 4) is 5.75 Å². The summed E-state index contributed by atoms with van der Waals surface area (Å²) in [6.07, 6.45) is 1.32. The van der Waals surface area contributed by atoms with Crippen LogP contribution in [0.25, 0.3) is 0 Å². The van der Waals surface area contributed by atoms with Crippen molar-refractivity contribution in [3.05, 3.63) is 23.8 Å². The molecule has 1 aromatic rings. The Hall–Kier alpha value is -1.84. The van der Waals surface area contributed by atoms with Gasteiger partial charge >= 0.3 is 0 Å². The number of benzene rings is 1. The first-order valence-corrected chi connectivity index (χ1v) is 6.68. The third kappa shape index (κ3) is 2.62. The van der Waals surface area contributed by atoms with Crippen molar-refractivity contribution < 1.29 is 14.3 Å². The normalized spacial score (nSPS) is 17.6. The van der Waals surface area contributed by atoms with E-state index in [1.54, 1.807) is 23.1 Å². The zero-order valence-corrected chi connectivity index (χ0v) is 11.6. The van der Waals surface area contributed by atoms with E-state index in [0.29, 0.717) is 30.0 Å². The highest BCUT2D eigenvalue weighted by Crippen LogP contribution is 2.35. The Labute approximate surface area is 113 Å². The number of ketones is 1. The summed E-state index contributed by atoms with van der Waals surface area (Å²) in [7, 11) is 0. The van der Waals surface area contributed by atoms with E-state index in [2.05, 4.69) is 0 Å². The van der Waals surface area contributed by atoms with Crippen LogP contribution in [0.3, 0.4) is 0 Å². The van der Waals surface area contributed by atoms with Crippen LogP contribution >= 0.6 is 0 Å². The highest BCUT2D eigenvalue weighted by molar-refractivity contribution is 6.00. The first-order chi connectivity index (χ1) is 9.06. The molecule has 1 heterocycles. The van der Waals surface area contributed by atoms with Crippen LogP contribution in [0, 0.1) is 0 Å². The second-order valence-electron chi connectivity index (χ2n) is 4.74. The maximum absolute atomic E-state index is 11.8. The maximum Gasteiger partial charge on any atom is 0.224 e. The number of Topliss-reactive ketones (excluding diaryl/α,β-unsaturated/α-hetero) is 1. The van der Waals surface area contributed by atoms with E-state index in [1.807, 2.05) is 13.8 Å². The average molecular weight is 261 g/mol. The van der Waals surface area contributed by atoms with Crippen molar-refractivity contribution >= 4 is 17.4 Å². The van der Waals surface area contributed by atoms with Crippen LogP contribution < -0.4 is 9.64 Å². The second kappa shape index (κ2) is 5.43. The Balaban J connectivity index is 2.43. The van der Waals surface area contributed by atoms with Gasteiger partial charge < -0.3 is 9.64 Å². The topological polar surface area (TPSA) is 46.6 Å². The first-order valence-electron chi connectivity index (χ1n) is 6.68. The number of hydrogen-bond acceptors (Lipinski definition) is 3. The minimum absolute atomic E-state index is 0.0177. The number of amides is 1. The molecule has 0 saturated carbocycles. The number of hydrogen-bond donors (Lipinski definition) is 0. The number of ether oxygens (including phenoxy) is 1. The molecule has 1 amide bonds. The fraction of sp³-hybridized carbons (Fsp3) is 0.467. The second-order valence-corrected chi connectivity index (χ2v) is 4.74. The van der Waals surface area contributed by atoms with Gasteiger partial charge in [0.15, 0.2) is 5.78 Å². The Morgan fingerprint density at radius 1 is 1.37 bits per heavy atom. The van der Waals surface area contributed by atoms with Crippen LogP contribution in [-0.2, 0) is 4.79 Å². The largest absolute Gasteiger partial charge is 0.486 e. The molecule has 1 unspecified atom stereocenters. The Kier molecular flexibility index (Phi) is 3.88. The lowest BCUT2D eigenvalue weighted by Gasteiger charge is -2.34. The fourth-order valence-electron chi connectivity index (χ4n) is 2.23. The summed E-state index contributed by atoms with van der Waals surface area (Å²) in [5.74, 6) is 0.731. The molecule has 0 aliphatic carbocycles. The van der Waals surface area contributed by atoms with Gasteiger partial charge in [0, 0.05) is 18.9 Å². The lowest BCUT2D eigenvalue weighted by atomic mass is 10.1. The molecule has 4 nitrogen and oxygen atoms in total. The van der Waals surface area contributed by atoms with E-state index in [1.165, 1.54) is 6.92 Å². The lowest BCUT2D eigenvalue weighted by molar-refractivity contribution is -0.117. The standard InChI is InChI=1S/C15H19NO3/c1-4-12-9-16(10(3)17)13-8-11(14(18)5-2)6-7-15(13)19-12/h6-8,12H,4-5,9H2,1-3H3. The van der Waals surface area contributed by atoms with E-state index in [9.17, 15) is 9.59 Å². The number of fused-ring (bicyclic) bond motifs is 1. The van der Waals surface area contributed by atoms with Crippen molar-refractivity contribution in [2.45, 2.75) is 39.7 Å². The molecule has 0 fully saturated rings. The molecule has 1 aliphatic heterocycles. The Morgan fingerprint density at radius 3 is 2.68 bits per heavy atom. The summed E-state index contributed by atoms with van der Waals surface area (Å²) < 4.78 is 5.82. The van der Waals surface area contributed by atoms with Crippen LogP contribution in [0.2, 0.25) is 0 Å². The zero-order chi connectivity index (χ0) is 14.0. The van der Waals surface area contributed by atoms with E-state index >= 15 is 0 Å². The molecule has 0 N–H and O–H groups in total. The predicted molar refractivity (Wildman–Crippen MR) is 73.8 cm³/mol. The van der Waals surface area contributed by atoms with Crippen molar-refractivity contribution in [3.63, 3.8) is 0 Å². The van der Waals surface area contributed by atoms with E-state index in [4.69, 9.17) is 4.74 Å². The Bertz CT molecular complexity index is 510. The number of rotatable bonds is 3. The maximum atomic E-state index is 11.8. The van der Waals surface area contributed by atoms with Crippen molar-refractivity contribution in [1.29, 1.82) is 0 Å². The third-order valence-electron chi connectivity index (χ3n) is 3.41. The average Bonchev–Trinajstić information content (AvgIpc) is 2.44. The van der Waals surface area contributed by atoms with Gasteiger partial charge in [0.1, 0.15) is 11.9 Å². The molecule has 0 bridgehead atoms. The molecule has 2 rings (SSSR count). The smallest absolute Gasteiger partial charge is 0.224 e. The zero-order valence-electron chi connectivity index (χ0n) is 11.6. The monoisotopic (exact) mass is 261 g/mol. The molecule has 4 heteroatoms. The van der Waals surface area contributed by atoms with Crippen LogP contribution in [0.4, 0.5) is 5.69 Å². The molecule has 0 aromatic heterocycles. The number of carbonyl (C=O) groups is 2. The van der Waals surface area contributed by atoms with Gasteiger partial charge in [-0.15, -0.1) is 0 Å². The molecule has 0 saturated heterocycles. The first kappa shape index (κ1) is 13.6. The summed E-state index contributed by atoms with van der Waals surface area (Å²) >= 11 is 0. The lowest BCUT2D eigenvalue weighted by Crippen LogP contribution is -2.42. The van der Waals surface area contributed by atoms with Crippen molar-refractivity contribution in [2.75, 3.05) is 11.4 Å².